The van der Waals surface area contributed by atoms with Crippen LogP contribution >= 0.6 is 0 Å². The molecule has 23 heavy (non-hydrogen) atoms. The van der Waals surface area contributed by atoms with Gasteiger partial charge in [-0.15, -0.1) is 0 Å². The van der Waals surface area contributed by atoms with Crippen molar-refractivity contribution in [2.24, 2.45) is 7.05 Å². The van der Waals surface area contributed by atoms with Gasteiger partial charge >= 0.3 is 0 Å². The average Bonchev–Trinajstić information content (AvgIpc) is 2.96. The predicted octanol–water partition coefficient (Wildman–Crippen LogP) is 1.07. The van der Waals surface area contributed by atoms with Crippen molar-refractivity contribution < 1.29 is 9.53 Å². The first kappa shape index (κ1) is 14.4. The Hall–Kier alpha value is -2.22. The Morgan fingerprint density at radius 2 is 2.30 bits per heavy atom. The zero-order valence-corrected chi connectivity index (χ0v) is 13.0. The van der Waals surface area contributed by atoms with Gasteiger partial charge in [0, 0.05) is 19.5 Å². The number of aromatic nitrogens is 5. The van der Waals surface area contributed by atoms with E-state index in [-0.39, 0.29) is 18.1 Å². The van der Waals surface area contributed by atoms with E-state index in [1.807, 2.05) is 0 Å². The lowest BCUT2D eigenvalue weighted by molar-refractivity contribution is 0.0391. The third-order valence-electron chi connectivity index (χ3n) is 4.41. The number of carbonyl (C=O) groups is 1. The van der Waals surface area contributed by atoms with E-state index in [0.717, 1.165) is 24.5 Å². The van der Waals surface area contributed by atoms with Crippen LogP contribution in [0.25, 0.3) is 0 Å². The topological polar surface area (TPSA) is 97.7 Å². The van der Waals surface area contributed by atoms with Crippen molar-refractivity contribution in [3.05, 3.63) is 29.9 Å². The van der Waals surface area contributed by atoms with Crippen LogP contribution in [-0.2, 0) is 11.8 Å². The molecule has 1 saturated carbocycles. The van der Waals surface area contributed by atoms with Gasteiger partial charge in [-0.3, -0.25) is 9.89 Å². The smallest absolute Gasteiger partial charge is 0.269 e. The minimum atomic E-state index is -0.132. The molecular weight excluding hydrogens is 296 g/mol. The van der Waals surface area contributed by atoms with Gasteiger partial charge in [0.25, 0.3) is 5.91 Å². The number of nitrogens with one attached hydrogen (secondary N) is 2. The maximum Gasteiger partial charge on any atom is 0.269 e. The highest BCUT2D eigenvalue weighted by Gasteiger charge is 2.32. The second-order valence-electron chi connectivity index (χ2n) is 6.28. The molecule has 2 aliphatic rings. The van der Waals surface area contributed by atoms with Gasteiger partial charge in [0.2, 0.25) is 0 Å². The number of aromatic amines is 1. The summed E-state index contributed by atoms with van der Waals surface area (Å²) in [6.07, 6.45) is 7.29. The molecule has 122 valence electrons. The van der Waals surface area contributed by atoms with Crippen molar-refractivity contribution in [3.63, 3.8) is 0 Å². The largest absolute Gasteiger partial charge is 0.365 e. The molecule has 1 amide bonds. The van der Waals surface area contributed by atoms with E-state index in [0.29, 0.717) is 18.2 Å². The number of amides is 1. The molecule has 1 aliphatic carbocycles. The van der Waals surface area contributed by atoms with Crippen LogP contribution in [0.1, 0.15) is 59.8 Å². The van der Waals surface area contributed by atoms with Crippen molar-refractivity contribution in [2.75, 3.05) is 6.54 Å². The summed E-state index contributed by atoms with van der Waals surface area (Å²) in [4.78, 5) is 20.6. The average molecular weight is 316 g/mol. The van der Waals surface area contributed by atoms with Crippen molar-refractivity contribution >= 4 is 5.91 Å². The highest BCUT2D eigenvalue weighted by atomic mass is 16.5. The van der Waals surface area contributed by atoms with E-state index in [2.05, 4.69) is 25.5 Å². The fourth-order valence-corrected chi connectivity index (χ4v) is 2.89. The van der Waals surface area contributed by atoms with Crippen LogP contribution in [0.15, 0.2) is 12.5 Å². The Labute approximate surface area is 133 Å². The Morgan fingerprint density at radius 1 is 1.43 bits per heavy atom. The lowest BCUT2D eigenvalue weighted by Gasteiger charge is -2.13. The number of rotatable bonds is 5. The molecule has 2 fully saturated rings. The second-order valence-corrected chi connectivity index (χ2v) is 6.28. The van der Waals surface area contributed by atoms with E-state index in [4.69, 9.17) is 4.74 Å². The first-order chi connectivity index (χ1) is 11.2. The normalized spacial score (nSPS) is 24.0. The van der Waals surface area contributed by atoms with Crippen LogP contribution in [0.3, 0.4) is 0 Å². The van der Waals surface area contributed by atoms with Crippen molar-refractivity contribution in [1.29, 1.82) is 0 Å². The maximum absolute atomic E-state index is 12.1. The predicted molar refractivity (Wildman–Crippen MR) is 80.7 cm³/mol. The molecular formula is C15H20N6O2. The molecule has 0 bridgehead atoms. The molecule has 0 spiro atoms. The highest BCUT2D eigenvalue weighted by Crippen LogP contribution is 2.39. The quantitative estimate of drug-likeness (QED) is 0.860. The molecule has 0 unspecified atom stereocenters. The van der Waals surface area contributed by atoms with Gasteiger partial charge in [0.15, 0.2) is 11.6 Å². The van der Waals surface area contributed by atoms with Crippen LogP contribution in [0.2, 0.25) is 0 Å². The van der Waals surface area contributed by atoms with E-state index in [9.17, 15) is 4.79 Å². The third kappa shape index (κ3) is 2.98. The van der Waals surface area contributed by atoms with Crippen molar-refractivity contribution in [2.45, 2.75) is 43.8 Å². The van der Waals surface area contributed by atoms with Gasteiger partial charge in [-0.25, -0.2) is 9.97 Å². The number of nitrogens with zero attached hydrogens (tertiary/aromatic N) is 4. The van der Waals surface area contributed by atoms with Crippen LogP contribution in [0.4, 0.5) is 0 Å². The molecule has 1 aliphatic heterocycles. The molecule has 0 aromatic carbocycles. The first-order valence-corrected chi connectivity index (χ1v) is 8.03. The monoisotopic (exact) mass is 316 g/mol. The number of hydrogen-bond donors (Lipinski definition) is 2. The summed E-state index contributed by atoms with van der Waals surface area (Å²) < 4.78 is 7.68. The molecule has 2 aromatic heterocycles. The zero-order valence-electron chi connectivity index (χ0n) is 13.0. The first-order valence-electron chi connectivity index (χ1n) is 8.03. The van der Waals surface area contributed by atoms with Gasteiger partial charge < -0.3 is 14.6 Å². The summed E-state index contributed by atoms with van der Waals surface area (Å²) in [5.41, 5.74) is 0.545. The van der Waals surface area contributed by atoms with Crippen LogP contribution < -0.4 is 5.32 Å². The molecule has 8 nitrogen and oxygen atoms in total. The van der Waals surface area contributed by atoms with E-state index in [1.54, 1.807) is 24.1 Å². The molecule has 3 heterocycles. The summed E-state index contributed by atoms with van der Waals surface area (Å²) in [6, 6.07) is 0. The SMILES string of the molecule is Cn1cncc1C(=O)NC[C@H]1CC[C@@H](c2nc(C3CC3)n[nH]2)O1. The third-order valence-corrected chi connectivity index (χ3v) is 4.41. The number of aryl methyl sites for hydroxylation is 1. The van der Waals surface area contributed by atoms with E-state index in [1.165, 1.54) is 12.8 Å². The van der Waals surface area contributed by atoms with Crippen LogP contribution in [0, 0.1) is 0 Å². The van der Waals surface area contributed by atoms with Crippen LogP contribution in [-0.4, -0.2) is 43.3 Å². The number of ether oxygens (including phenoxy) is 1. The van der Waals surface area contributed by atoms with Gasteiger partial charge in [0.1, 0.15) is 11.8 Å². The molecule has 8 heteroatoms. The summed E-state index contributed by atoms with van der Waals surface area (Å²) in [5.74, 6) is 2.13. The number of carbonyl (C=O) groups excluding carboxylic acids is 1. The highest BCUT2D eigenvalue weighted by molar-refractivity contribution is 5.92. The zero-order chi connectivity index (χ0) is 15.8. The fraction of sp³-hybridized carbons (Fsp3) is 0.600. The summed E-state index contributed by atoms with van der Waals surface area (Å²) in [5, 5.41) is 10.2. The molecule has 2 aromatic rings. The van der Waals surface area contributed by atoms with E-state index >= 15 is 0 Å². The Bertz CT molecular complexity index is 704. The summed E-state index contributed by atoms with van der Waals surface area (Å²) in [6.45, 7) is 0.490. The standard InChI is InChI=1S/C15H20N6O2/c1-21-8-16-7-11(21)15(22)17-6-10-4-5-12(23-10)14-18-13(19-20-14)9-2-3-9/h7-10,12H,2-6H2,1H3,(H,17,22)(H,18,19,20)/t10-,12+/m1/s1. The summed E-state index contributed by atoms with van der Waals surface area (Å²) >= 11 is 0. The van der Waals surface area contributed by atoms with Crippen molar-refractivity contribution in [3.8, 4) is 0 Å². The lowest BCUT2D eigenvalue weighted by atomic mass is 10.2. The Kier molecular flexibility index (Phi) is 3.60. The molecule has 2 atom stereocenters. The number of imidazole rings is 1. The van der Waals surface area contributed by atoms with Gasteiger partial charge in [-0.2, -0.15) is 5.10 Å². The number of hydrogen-bond acceptors (Lipinski definition) is 5. The fourth-order valence-electron chi connectivity index (χ4n) is 2.89. The minimum Gasteiger partial charge on any atom is -0.365 e. The van der Waals surface area contributed by atoms with E-state index < -0.39 is 0 Å². The second kappa shape index (κ2) is 5.77. The minimum absolute atomic E-state index is 0.00616. The molecule has 0 radical (unpaired) electrons. The lowest BCUT2D eigenvalue weighted by Crippen LogP contribution is -2.32. The molecule has 2 N–H and O–H groups in total. The molecule has 1 saturated heterocycles. The maximum atomic E-state index is 12.1. The van der Waals surface area contributed by atoms with Gasteiger partial charge in [0.05, 0.1) is 18.6 Å². The van der Waals surface area contributed by atoms with Crippen molar-refractivity contribution in [1.82, 2.24) is 30.0 Å². The van der Waals surface area contributed by atoms with Crippen LogP contribution in [0.5, 0.6) is 0 Å². The Balaban J connectivity index is 1.30. The summed E-state index contributed by atoms with van der Waals surface area (Å²) in [7, 11) is 1.80. The molecule has 4 rings (SSSR count). The number of H-pyrrole nitrogens is 1. The Morgan fingerprint density at radius 3 is 3.04 bits per heavy atom. The van der Waals surface area contributed by atoms with Gasteiger partial charge in [-0.1, -0.05) is 0 Å². The van der Waals surface area contributed by atoms with Gasteiger partial charge in [-0.05, 0) is 25.7 Å².